The smallest absolute Gasteiger partial charge is 0.107 e. The van der Waals surface area contributed by atoms with Gasteiger partial charge in [0.15, 0.2) is 0 Å². The van der Waals surface area contributed by atoms with Crippen molar-refractivity contribution >= 4 is 11.0 Å². The molecule has 3 aromatic rings. The van der Waals surface area contributed by atoms with Gasteiger partial charge in [-0.15, -0.1) is 0 Å². The second kappa shape index (κ2) is 4.06. The van der Waals surface area contributed by atoms with Crippen molar-refractivity contribution in [1.82, 2.24) is 9.55 Å². The largest absolute Gasteiger partial charge is 0.323 e. The quantitative estimate of drug-likeness (QED) is 0.649. The highest BCUT2D eigenvalue weighted by Gasteiger charge is 2.06. The lowest BCUT2D eigenvalue weighted by molar-refractivity contribution is 0.786. The molecule has 1 heterocycles. The van der Waals surface area contributed by atoms with Crippen LogP contribution in [0.25, 0.3) is 11.0 Å². The van der Waals surface area contributed by atoms with Crippen LogP contribution in [0.5, 0.6) is 0 Å². The minimum Gasteiger partial charge on any atom is -0.323 e. The summed E-state index contributed by atoms with van der Waals surface area (Å²) in [6.07, 6.45) is 0. The molecule has 0 aliphatic carbocycles. The minimum absolute atomic E-state index is 0.851. The highest BCUT2D eigenvalue weighted by atomic mass is 15.1. The molecule has 0 spiro atoms. The highest BCUT2D eigenvalue weighted by molar-refractivity contribution is 5.75. The maximum atomic E-state index is 4.54. The lowest BCUT2D eigenvalue weighted by atomic mass is 10.2. The Hall–Kier alpha value is -2.09. The van der Waals surface area contributed by atoms with E-state index in [0.717, 1.165) is 23.4 Å². The van der Waals surface area contributed by atoms with Crippen molar-refractivity contribution in [2.75, 3.05) is 0 Å². The van der Waals surface area contributed by atoms with Crippen LogP contribution in [0.2, 0.25) is 0 Å². The Morgan fingerprint density at radius 3 is 2.76 bits per heavy atom. The van der Waals surface area contributed by atoms with E-state index in [9.17, 15) is 0 Å². The van der Waals surface area contributed by atoms with Gasteiger partial charge in [-0.3, -0.25) is 0 Å². The molecule has 17 heavy (non-hydrogen) atoms. The SMILES string of the molecule is Cc1nc2ccc[c]c2n1Cc1ccccc1. The normalized spacial score (nSPS) is 10.9. The third-order valence-corrected chi connectivity index (χ3v) is 2.94. The predicted molar refractivity (Wildman–Crippen MR) is 68.9 cm³/mol. The van der Waals surface area contributed by atoms with E-state index in [1.54, 1.807) is 0 Å². The van der Waals surface area contributed by atoms with Gasteiger partial charge in [-0.05, 0) is 18.6 Å². The second-order valence-electron chi connectivity index (χ2n) is 4.13. The number of hydrogen-bond acceptors (Lipinski definition) is 1. The first-order chi connectivity index (χ1) is 8.34. The van der Waals surface area contributed by atoms with Crippen LogP contribution in [0.4, 0.5) is 0 Å². The monoisotopic (exact) mass is 221 g/mol. The van der Waals surface area contributed by atoms with Crippen LogP contribution in [0.15, 0.2) is 48.5 Å². The summed E-state index contributed by atoms with van der Waals surface area (Å²) in [5.74, 6) is 1.03. The molecule has 0 atom stereocenters. The van der Waals surface area contributed by atoms with Gasteiger partial charge in [-0.25, -0.2) is 4.98 Å². The average Bonchev–Trinajstić information content (AvgIpc) is 2.68. The zero-order valence-corrected chi connectivity index (χ0v) is 9.72. The maximum absolute atomic E-state index is 4.54. The Kier molecular flexibility index (Phi) is 2.41. The minimum atomic E-state index is 0.851. The van der Waals surface area contributed by atoms with Gasteiger partial charge in [0.2, 0.25) is 0 Å². The molecule has 0 saturated carbocycles. The van der Waals surface area contributed by atoms with Crippen LogP contribution in [0, 0.1) is 13.0 Å². The molecule has 0 aliphatic rings. The van der Waals surface area contributed by atoms with Gasteiger partial charge in [0.05, 0.1) is 11.0 Å². The fourth-order valence-corrected chi connectivity index (χ4v) is 2.08. The molecular formula is C15H13N2. The Balaban J connectivity index is 2.08. The first kappa shape index (κ1) is 10.1. The molecule has 3 rings (SSSR count). The summed E-state index contributed by atoms with van der Waals surface area (Å²) < 4.78 is 2.20. The molecule has 2 aromatic carbocycles. The van der Waals surface area contributed by atoms with Crippen molar-refractivity contribution in [3.05, 3.63) is 66.0 Å². The van der Waals surface area contributed by atoms with Crippen molar-refractivity contribution in [2.24, 2.45) is 0 Å². The van der Waals surface area contributed by atoms with Gasteiger partial charge in [0, 0.05) is 12.6 Å². The van der Waals surface area contributed by atoms with Gasteiger partial charge in [-0.2, -0.15) is 0 Å². The third-order valence-electron chi connectivity index (χ3n) is 2.94. The van der Waals surface area contributed by atoms with Crippen LogP contribution < -0.4 is 0 Å². The van der Waals surface area contributed by atoms with E-state index in [-0.39, 0.29) is 0 Å². The summed E-state index contributed by atoms with van der Waals surface area (Å²) in [6, 6.07) is 19.6. The van der Waals surface area contributed by atoms with E-state index in [2.05, 4.69) is 39.9 Å². The number of aromatic nitrogens is 2. The molecule has 2 heteroatoms. The number of para-hydroxylation sites is 1. The summed E-state index contributed by atoms with van der Waals surface area (Å²) in [6.45, 7) is 2.89. The predicted octanol–water partition coefficient (Wildman–Crippen LogP) is 3.19. The summed E-state index contributed by atoms with van der Waals surface area (Å²) >= 11 is 0. The first-order valence-electron chi connectivity index (χ1n) is 5.72. The van der Waals surface area contributed by atoms with E-state index in [1.807, 2.05) is 31.2 Å². The van der Waals surface area contributed by atoms with Gasteiger partial charge < -0.3 is 4.57 Å². The molecule has 0 fully saturated rings. The van der Waals surface area contributed by atoms with Gasteiger partial charge in [0.25, 0.3) is 0 Å². The summed E-state index contributed by atoms with van der Waals surface area (Å²) in [7, 11) is 0. The van der Waals surface area contributed by atoms with Crippen LogP contribution in [-0.2, 0) is 6.54 Å². The van der Waals surface area contributed by atoms with E-state index >= 15 is 0 Å². The fourth-order valence-electron chi connectivity index (χ4n) is 2.08. The Morgan fingerprint density at radius 2 is 1.94 bits per heavy atom. The topological polar surface area (TPSA) is 17.8 Å². The second-order valence-corrected chi connectivity index (χ2v) is 4.13. The van der Waals surface area contributed by atoms with Crippen LogP contribution >= 0.6 is 0 Å². The molecule has 1 radical (unpaired) electrons. The lowest BCUT2D eigenvalue weighted by Gasteiger charge is -2.06. The number of aryl methyl sites for hydroxylation is 1. The van der Waals surface area contributed by atoms with Crippen LogP contribution in [0.1, 0.15) is 11.4 Å². The van der Waals surface area contributed by atoms with Crippen LogP contribution in [0.3, 0.4) is 0 Å². The van der Waals surface area contributed by atoms with E-state index in [1.165, 1.54) is 5.56 Å². The molecule has 1 aromatic heterocycles. The fraction of sp³-hybridized carbons (Fsp3) is 0.133. The number of fused-ring (bicyclic) bond motifs is 1. The van der Waals surface area contributed by atoms with Crippen LogP contribution in [-0.4, -0.2) is 9.55 Å². The highest BCUT2D eigenvalue weighted by Crippen LogP contribution is 2.16. The zero-order chi connectivity index (χ0) is 11.7. The Morgan fingerprint density at radius 1 is 1.12 bits per heavy atom. The average molecular weight is 221 g/mol. The van der Waals surface area contributed by atoms with Crippen molar-refractivity contribution in [3.8, 4) is 0 Å². The number of nitrogens with zero attached hydrogens (tertiary/aromatic N) is 2. The summed E-state index contributed by atoms with van der Waals surface area (Å²) in [5, 5.41) is 0. The molecule has 0 aliphatic heterocycles. The van der Waals surface area contributed by atoms with E-state index in [0.29, 0.717) is 0 Å². The first-order valence-corrected chi connectivity index (χ1v) is 5.72. The molecule has 83 valence electrons. The van der Waals surface area contributed by atoms with Gasteiger partial charge >= 0.3 is 0 Å². The summed E-state index contributed by atoms with van der Waals surface area (Å²) in [4.78, 5) is 4.54. The third kappa shape index (κ3) is 1.82. The lowest BCUT2D eigenvalue weighted by Crippen LogP contribution is -2.01. The standard InChI is InChI=1S/C15H13N2/c1-12-16-14-9-5-6-10-15(14)17(12)11-13-7-3-2-4-8-13/h2-9H,11H2,1H3. The molecule has 0 amide bonds. The number of imidazole rings is 1. The molecule has 0 unspecified atom stereocenters. The number of hydrogen-bond donors (Lipinski definition) is 0. The molecule has 0 saturated heterocycles. The van der Waals surface area contributed by atoms with Crippen molar-refractivity contribution in [3.63, 3.8) is 0 Å². The van der Waals surface area contributed by atoms with Gasteiger partial charge in [0.1, 0.15) is 5.82 Å². The Labute approximate surface area is 101 Å². The number of benzene rings is 2. The maximum Gasteiger partial charge on any atom is 0.107 e. The van der Waals surface area contributed by atoms with E-state index in [4.69, 9.17) is 0 Å². The zero-order valence-electron chi connectivity index (χ0n) is 9.72. The van der Waals surface area contributed by atoms with Crippen molar-refractivity contribution in [1.29, 1.82) is 0 Å². The van der Waals surface area contributed by atoms with E-state index < -0.39 is 0 Å². The molecule has 0 N–H and O–H groups in total. The van der Waals surface area contributed by atoms with Crippen molar-refractivity contribution in [2.45, 2.75) is 13.5 Å². The Bertz CT molecular complexity index is 638. The molecular weight excluding hydrogens is 208 g/mol. The summed E-state index contributed by atoms with van der Waals surface area (Å²) in [5.41, 5.74) is 3.38. The molecule has 0 bridgehead atoms. The molecule has 2 nitrogen and oxygen atoms in total. The van der Waals surface area contributed by atoms with Crippen molar-refractivity contribution < 1.29 is 0 Å². The number of rotatable bonds is 2. The van der Waals surface area contributed by atoms with Gasteiger partial charge in [-0.1, -0.05) is 42.5 Å².